The monoisotopic (exact) mass is 206 g/mol. The highest BCUT2D eigenvalue weighted by Crippen LogP contribution is 2.24. The number of oxazole rings is 1. The highest BCUT2D eigenvalue weighted by atomic mass is 16.4. The first-order valence-electron chi connectivity index (χ1n) is 4.87. The second-order valence-electron chi connectivity index (χ2n) is 4.59. The highest BCUT2D eigenvalue weighted by Gasteiger charge is 2.21. The van der Waals surface area contributed by atoms with Crippen LogP contribution < -0.4 is 0 Å². The van der Waals surface area contributed by atoms with Crippen LogP contribution in [0.3, 0.4) is 0 Å². The fourth-order valence-corrected chi connectivity index (χ4v) is 1.27. The average molecular weight is 206 g/mol. The maximum atomic E-state index is 8.97. The van der Waals surface area contributed by atoms with Crippen LogP contribution in [-0.2, 0) is 12.0 Å². The van der Waals surface area contributed by atoms with Gasteiger partial charge in [0.2, 0.25) is 11.6 Å². The van der Waals surface area contributed by atoms with Crippen LogP contribution in [0.4, 0.5) is 0 Å². The van der Waals surface area contributed by atoms with Gasteiger partial charge in [0.1, 0.15) is 5.52 Å². The van der Waals surface area contributed by atoms with E-state index < -0.39 is 0 Å². The van der Waals surface area contributed by atoms with Gasteiger partial charge in [0, 0.05) is 11.6 Å². The summed E-state index contributed by atoms with van der Waals surface area (Å²) >= 11 is 0. The second kappa shape index (κ2) is 3.31. The summed E-state index contributed by atoms with van der Waals surface area (Å²) in [6.07, 6.45) is 1.60. The smallest absolute Gasteiger partial charge is 0.246 e. The van der Waals surface area contributed by atoms with Crippen LogP contribution in [0.1, 0.15) is 32.2 Å². The molecule has 0 aliphatic carbocycles. The summed E-state index contributed by atoms with van der Waals surface area (Å²) in [4.78, 5) is 8.45. The van der Waals surface area contributed by atoms with E-state index in [-0.39, 0.29) is 12.0 Å². The van der Waals surface area contributed by atoms with Gasteiger partial charge in [-0.25, -0.2) is 9.97 Å². The maximum Gasteiger partial charge on any atom is 0.246 e. The molecule has 4 heteroatoms. The fraction of sp³-hybridized carbons (Fsp3) is 0.455. The summed E-state index contributed by atoms with van der Waals surface area (Å²) in [5.74, 6) is 0.667. The van der Waals surface area contributed by atoms with E-state index in [1.54, 1.807) is 12.3 Å². The summed E-state index contributed by atoms with van der Waals surface area (Å²) in [5, 5.41) is 8.97. The first-order chi connectivity index (χ1) is 7.00. The van der Waals surface area contributed by atoms with E-state index in [2.05, 4.69) is 9.97 Å². The van der Waals surface area contributed by atoms with E-state index in [4.69, 9.17) is 9.52 Å². The Morgan fingerprint density at radius 1 is 1.40 bits per heavy atom. The Hall–Kier alpha value is -1.42. The molecule has 2 rings (SSSR count). The molecule has 0 aliphatic heterocycles. The van der Waals surface area contributed by atoms with Crippen molar-refractivity contribution < 1.29 is 9.52 Å². The molecule has 2 aromatic heterocycles. The molecule has 0 spiro atoms. The van der Waals surface area contributed by atoms with Crippen molar-refractivity contribution in [2.45, 2.75) is 32.8 Å². The Kier molecular flexibility index (Phi) is 2.23. The summed E-state index contributed by atoms with van der Waals surface area (Å²) in [6, 6.07) is 1.79. The van der Waals surface area contributed by atoms with Crippen molar-refractivity contribution in [3.8, 4) is 0 Å². The third-order valence-electron chi connectivity index (χ3n) is 2.13. The van der Waals surface area contributed by atoms with Crippen molar-refractivity contribution in [2.24, 2.45) is 0 Å². The minimum absolute atomic E-state index is 0.0271. The first kappa shape index (κ1) is 10.1. The minimum Gasteiger partial charge on any atom is -0.422 e. The lowest BCUT2D eigenvalue weighted by atomic mass is 9.97. The zero-order valence-corrected chi connectivity index (χ0v) is 9.11. The zero-order chi connectivity index (χ0) is 11.1. The lowest BCUT2D eigenvalue weighted by molar-refractivity contribution is 0.281. The fourth-order valence-electron chi connectivity index (χ4n) is 1.27. The van der Waals surface area contributed by atoms with Crippen molar-refractivity contribution in [3.63, 3.8) is 0 Å². The number of pyridine rings is 1. The average Bonchev–Trinajstić information content (AvgIpc) is 2.59. The number of aromatic nitrogens is 2. The van der Waals surface area contributed by atoms with Gasteiger partial charge in [-0.2, -0.15) is 0 Å². The quantitative estimate of drug-likeness (QED) is 0.775. The molecule has 2 heterocycles. The number of rotatable bonds is 1. The SMILES string of the molecule is CC(C)(C)c1nc2cc(CO)cnc2o1. The third kappa shape index (κ3) is 1.85. The normalized spacial score (nSPS) is 12.3. The predicted octanol–water partition coefficient (Wildman–Crippen LogP) is 2.01. The molecule has 2 aromatic rings. The van der Waals surface area contributed by atoms with Gasteiger partial charge in [0.05, 0.1) is 6.61 Å². The Morgan fingerprint density at radius 3 is 2.73 bits per heavy atom. The van der Waals surface area contributed by atoms with Gasteiger partial charge >= 0.3 is 0 Å². The molecular weight excluding hydrogens is 192 g/mol. The highest BCUT2D eigenvalue weighted by molar-refractivity contribution is 5.68. The summed E-state index contributed by atoms with van der Waals surface area (Å²) in [5.41, 5.74) is 1.85. The maximum absolute atomic E-state index is 8.97. The molecule has 0 aliphatic rings. The lowest BCUT2D eigenvalue weighted by Crippen LogP contribution is -2.10. The Balaban J connectivity index is 2.56. The predicted molar refractivity (Wildman–Crippen MR) is 56.4 cm³/mol. The summed E-state index contributed by atoms with van der Waals surface area (Å²) in [6.45, 7) is 6.07. The van der Waals surface area contributed by atoms with E-state index >= 15 is 0 Å². The van der Waals surface area contributed by atoms with E-state index in [0.29, 0.717) is 17.1 Å². The van der Waals surface area contributed by atoms with Crippen LogP contribution in [0, 0.1) is 0 Å². The molecule has 0 saturated carbocycles. The molecule has 4 nitrogen and oxygen atoms in total. The first-order valence-corrected chi connectivity index (χ1v) is 4.87. The molecule has 1 N–H and O–H groups in total. The summed E-state index contributed by atoms with van der Waals surface area (Å²) in [7, 11) is 0. The van der Waals surface area contributed by atoms with Gasteiger partial charge in [-0.15, -0.1) is 0 Å². The van der Waals surface area contributed by atoms with Crippen molar-refractivity contribution in [1.29, 1.82) is 0 Å². The molecule has 0 saturated heterocycles. The standard InChI is InChI=1S/C11H14N2O2/c1-11(2,3)10-13-8-4-7(6-14)5-12-9(8)15-10/h4-5,14H,6H2,1-3H3. The minimum atomic E-state index is -0.125. The van der Waals surface area contributed by atoms with E-state index in [9.17, 15) is 0 Å². The van der Waals surface area contributed by atoms with Crippen LogP contribution in [0.15, 0.2) is 16.7 Å². The third-order valence-corrected chi connectivity index (χ3v) is 2.13. The van der Waals surface area contributed by atoms with Gasteiger partial charge in [0.25, 0.3) is 0 Å². The zero-order valence-electron chi connectivity index (χ0n) is 9.11. The molecule has 0 aromatic carbocycles. The Morgan fingerprint density at radius 2 is 2.13 bits per heavy atom. The molecular formula is C11H14N2O2. The molecule has 0 bridgehead atoms. The van der Waals surface area contributed by atoms with Crippen molar-refractivity contribution in [2.75, 3.05) is 0 Å². The molecule has 0 fully saturated rings. The van der Waals surface area contributed by atoms with Gasteiger partial charge in [-0.1, -0.05) is 20.8 Å². The molecule has 80 valence electrons. The molecule has 0 unspecified atom stereocenters. The molecule has 0 radical (unpaired) electrons. The molecule has 15 heavy (non-hydrogen) atoms. The largest absolute Gasteiger partial charge is 0.422 e. The second-order valence-corrected chi connectivity index (χ2v) is 4.59. The van der Waals surface area contributed by atoms with Crippen LogP contribution in [0.25, 0.3) is 11.2 Å². The Bertz CT molecular complexity index is 483. The van der Waals surface area contributed by atoms with Gasteiger partial charge in [-0.3, -0.25) is 0 Å². The van der Waals surface area contributed by atoms with Crippen LogP contribution in [0.2, 0.25) is 0 Å². The molecule has 0 atom stereocenters. The lowest BCUT2D eigenvalue weighted by Gasteiger charge is -2.11. The van der Waals surface area contributed by atoms with Gasteiger partial charge < -0.3 is 9.52 Å². The summed E-state index contributed by atoms with van der Waals surface area (Å²) < 4.78 is 5.53. The van der Waals surface area contributed by atoms with Crippen LogP contribution >= 0.6 is 0 Å². The number of hydrogen-bond acceptors (Lipinski definition) is 4. The van der Waals surface area contributed by atoms with E-state index in [0.717, 1.165) is 5.56 Å². The van der Waals surface area contributed by atoms with Gasteiger partial charge in [-0.05, 0) is 11.6 Å². The number of nitrogens with zero attached hydrogens (tertiary/aromatic N) is 2. The number of hydrogen-bond donors (Lipinski definition) is 1. The molecule has 0 amide bonds. The van der Waals surface area contributed by atoms with Crippen molar-refractivity contribution in [3.05, 3.63) is 23.7 Å². The van der Waals surface area contributed by atoms with Crippen LogP contribution in [0.5, 0.6) is 0 Å². The number of aliphatic hydroxyl groups excluding tert-OH is 1. The van der Waals surface area contributed by atoms with Crippen molar-refractivity contribution in [1.82, 2.24) is 9.97 Å². The topological polar surface area (TPSA) is 59.2 Å². The van der Waals surface area contributed by atoms with E-state index in [1.165, 1.54) is 0 Å². The van der Waals surface area contributed by atoms with Crippen molar-refractivity contribution >= 4 is 11.2 Å². The number of fused-ring (bicyclic) bond motifs is 1. The van der Waals surface area contributed by atoms with Gasteiger partial charge in [0.15, 0.2) is 0 Å². The number of aliphatic hydroxyl groups is 1. The Labute approximate surface area is 88.0 Å². The van der Waals surface area contributed by atoms with Crippen LogP contribution in [-0.4, -0.2) is 15.1 Å². The van der Waals surface area contributed by atoms with E-state index in [1.807, 2.05) is 20.8 Å².